The van der Waals surface area contributed by atoms with Crippen LogP contribution < -0.4 is 16.2 Å². The van der Waals surface area contributed by atoms with Gasteiger partial charge in [-0.1, -0.05) is 0 Å². The van der Waals surface area contributed by atoms with Crippen molar-refractivity contribution in [1.82, 2.24) is 14.5 Å². The minimum absolute atomic E-state index is 0.0635. The number of aromatic nitrogens is 2. The highest BCUT2D eigenvalue weighted by atomic mass is 32.2. The number of aryl methyl sites for hydroxylation is 1. The van der Waals surface area contributed by atoms with Crippen molar-refractivity contribution in [2.45, 2.75) is 11.3 Å². The van der Waals surface area contributed by atoms with Crippen molar-refractivity contribution in [3.8, 4) is 0 Å². The molecule has 16 heavy (non-hydrogen) atoms. The van der Waals surface area contributed by atoms with Crippen LogP contribution in [-0.2, 0) is 21.9 Å². The predicted octanol–water partition coefficient (Wildman–Crippen LogP) is -1.84. The van der Waals surface area contributed by atoms with Crippen LogP contribution in [0.2, 0.25) is 0 Å². The van der Waals surface area contributed by atoms with Gasteiger partial charge in [-0.15, -0.1) is 0 Å². The monoisotopic (exact) mass is 247 g/mol. The van der Waals surface area contributed by atoms with Gasteiger partial charge in [0.15, 0.2) is 5.82 Å². The number of nitrogens with one attached hydrogen (secondary N) is 1. The molecule has 1 aromatic heterocycles. The number of sulfonamides is 1. The van der Waals surface area contributed by atoms with Gasteiger partial charge in [0.05, 0.1) is 0 Å². The Morgan fingerprint density at radius 1 is 1.62 bits per heavy atom. The fourth-order valence-electron chi connectivity index (χ4n) is 1.08. The lowest BCUT2D eigenvalue weighted by atomic mass is 10.4. The largest absolute Gasteiger partial charge is 0.381 e. The molecule has 0 saturated carbocycles. The number of primary amides is 1. The zero-order valence-electron chi connectivity index (χ0n) is 8.67. The fourth-order valence-corrected chi connectivity index (χ4v) is 2.21. The maximum atomic E-state index is 11.7. The third-order valence-corrected chi connectivity index (χ3v) is 3.25. The van der Waals surface area contributed by atoms with E-state index in [1.165, 1.54) is 10.9 Å². The van der Waals surface area contributed by atoms with E-state index in [4.69, 9.17) is 11.5 Å². The van der Waals surface area contributed by atoms with Gasteiger partial charge in [-0.2, -0.15) is 5.10 Å². The Bertz CT molecular complexity index is 492. The molecule has 0 aromatic carbocycles. The van der Waals surface area contributed by atoms with Crippen LogP contribution in [0.3, 0.4) is 0 Å². The van der Waals surface area contributed by atoms with Crippen molar-refractivity contribution < 1.29 is 13.2 Å². The molecule has 5 N–H and O–H groups in total. The first-order chi connectivity index (χ1) is 7.33. The summed E-state index contributed by atoms with van der Waals surface area (Å²) in [5.74, 6) is -0.670. The summed E-state index contributed by atoms with van der Waals surface area (Å²) in [7, 11) is -2.18. The van der Waals surface area contributed by atoms with Crippen molar-refractivity contribution in [3.63, 3.8) is 0 Å². The Morgan fingerprint density at radius 3 is 2.69 bits per heavy atom. The average molecular weight is 247 g/mol. The number of carbonyl (C=O) groups excluding carboxylic acids is 1. The average Bonchev–Trinajstić information content (AvgIpc) is 2.44. The second kappa shape index (κ2) is 4.49. The molecule has 0 aliphatic rings. The normalized spacial score (nSPS) is 11.6. The van der Waals surface area contributed by atoms with E-state index < -0.39 is 15.9 Å². The lowest BCUT2D eigenvalue weighted by Crippen LogP contribution is -2.28. The van der Waals surface area contributed by atoms with Crippen LogP contribution in [-0.4, -0.2) is 30.7 Å². The second-order valence-electron chi connectivity index (χ2n) is 3.17. The van der Waals surface area contributed by atoms with E-state index in [1.54, 1.807) is 7.05 Å². The van der Waals surface area contributed by atoms with E-state index >= 15 is 0 Å². The van der Waals surface area contributed by atoms with Gasteiger partial charge in [-0.3, -0.25) is 9.48 Å². The molecule has 0 aliphatic carbocycles. The number of rotatable bonds is 5. The van der Waals surface area contributed by atoms with Crippen LogP contribution in [0, 0.1) is 0 Å². The van der Waals surface area contributed by atoms with Gasteiger partial charge in [-0.05, 0) is 0 Å². The first-order valence-corrected chi connectivity index (χ1v) is 5.88. The van der Waals surface area contributed by atoms with E-state index in [0.717, 1.165) is 0 Å². The summed E-state index contributed by atoms with van der Waals surface area (Å²) in [6.07, 6.45) is 1.21. The summed E-state index contributed by atoms with van der Waals surface area (Å²) in [6.45, 7) is -0.0635. The molecule has 0 unspecified atom stereocenters. The van der Waals surface area contributed by atoms with Gasteiger partial charge in [0, 0.05) is 26.2 Å². The third kappa shape index (κ3) is 2.94. The highest BCUT2D eigenvalue weighted by Crippen LogP contribution is 2.14. The summed E-state index contributed by atoms with van der Waals surface area (Å²) in [6, 6.07) is 0. The maximum Gasteiger partial charge on any atom is 0.245 e. The molecule has 90 valence electrons. The van der Waals surface area contributed by atoms with Crippen LogP contribution >= 0.6 is 0 Å². The number of amides is 1. The molecule has 0 fully saturated rings. The quantitative estimate of drug-likeness (QED) is 0.562. The minimum Gasteiger partial charge on any atom is -0.381 e. The first kappa shape index (κ1) is 12.5. The highest BCUT2D eigenvalue weighted by molar-refractivity contribution is 7.89. The molecule has 0 atom stereocenters. The molecule has 1 aromatic rings. The molecule has 0 bridgehead atoms. The molecule has 9 heteroatoms. The van der Waals surface area contributed by atoms with E-state index in [-0.39, 0.29) is 23.7 Å². The zero-order valence-corrected chi connectivity index (χ0v) is 9.49. The molecule has 0 saturated heterocycles. The van der Waals surface area contributed by atoms with E-state index in [2.05, 4.69) is 9.82 Å². The van der Waals surface area contributed by atoms with Crippen molar-refractivity contribution >= 4 is 21.7 Å². The summed E-state index contributed by atoms with van der Waals surface area (Å²) in [5, 5.41) is 3.70. The van der Waals surface area contributed by atoms with Crippen LogP contribution in [0.4, 0.5) is 5.82 Å². The summed E-state index contributed by atoms with van der Waals surface area (Å²) >= 11 is 0. The molecular formula is C7H13N5O3S. The molecule has 8 nitrogen and oxygen atoms in total. The number of nitrogens with two attached hydrogens (primary N) is 2. The number of nitrogens with zero attached hydrogens (tertiary/aromatic N) is 2. The molecule has 1 heterocycles. The van der Waals surface area contributed by atoms with Gasteiger partial charge < -0.3 is 11.5 Å². The van der Waals surface area contributed by atoms with Crippen LogP contribution in [0.1, 0.15) is 6.42 Å². The summed E-state index contributed by atoms with van der Waals surface area (Å²) in [5.41, 5.74) is 10.3. The number of carbonyl (C=O) groups is 1. The Balaban J connectivity index is 2.78. The maximum absolute atomic E-state index is 11.7. The van der Waals surface area contributed by atoms with Gasteiger partial charge >= 0.3 is 0 Å². The van der Waals surface area contributed by atoms with Crippen LogP contribution in [0.25, 0.3) is 0 Å². The second-order valence-corrected chi connectivity index (χ2v) is 4.90. The van der Waals surface area contributed by atoms with Crippen LogP contribution in [0.15, 0.2) is 11.1 Å². The topological polar surface area (TPSA) is 133 Å². The van der Waals surface area contributed by atoms with E-state index in [9.17, 15) is 13.2 Å². The standard InChI is InChI=1S/C7H13N5O3S/c1-12-4-5(7(9)11-12)16(14,15)10-3-2-6(8)13/h4,10H,2-3H2,1H3,(H2,8,13)(H2,9,11). The Hall–Kier alpha value is -1.61. The van der Waals surface area contributed by atoms with E-state index in [1.807, 2.05) is 0 Å². The molecule has 0 spiro atoms. The van der Waals surface area contributed by atoms with Crippen LogP contribution in [0.5, 0.6) is 0 Å². The summed E-state index contributed by atoms with van der Waals surface area (Å²) in [4.78, 5) is 10.3. The van der Waals surface area contributed by atoms with Gasteiger partial charge in [-0.25, -0.2) is 13.1 Å². The molecule has 1 rings (SSSR count). The SMILES string of the molecule is Cn1cc(S(=O)(=O)NCCC(N)=O)c(N)n1. The molecule has 1 amide bonds. The van der Waals surface area contributed by atoms with Gasteiger partial charge in [0.2, 0.25) is 15.9 Å². The smallest absolute Gasteiger partial charge is 0.245 e. The zero-order chi connectivity index (χ0) is 12.3. The van der Waals surface area contributed by atoms with Crippen molar-refractivity contribution in [1.29, 1.82) is 0 Å². The molecular weight excluding hydrogens is 234 g/mol. The highest BCUT2D eigenvalue weighted by Gasteiger charge is 2.19. The number of nitrogen functional groups attached to an aromatic ring is 1. The van der Waals surface area contributed by atoms with Gasteiger partial charge in [0.1, 0.15) is 4.90 Å². The molecule has 0 aliphatic heterocycles. The predicted molar refractivity (Wildman–Crippen MR) is 56.6 cm³/mol. The van der Waals surface area contributed by atoms with Gasteiger partial charge in [0.25, 0.3) is 0 Å². The van der Waals surface area contributed by atoms with Crippen molar-refractivity contribution in [2.75, 3.05) is 12.3 Å². The fraction of sp³-hybridized carbons (Fsp3) is 0.429. The van der Waals surface area contributed by atoms with E-state index in [0.29, 0.717) is 0 Å². The Kier molecular flexibility index (Phi) is 3.50. The molecule has 0 radical (unpaired) electrons. The summed E-state index contributed by atoms with van der Waals surface area (Å²) < 4.78 is 26.8. The number of anilines is 1. The minimum atomic E-state index is -3.73. The van der Waals surface area contributed by atoms with Crippen molar-refractivity contribution in [2.24, 2.45) is 12.8 Å². The lowest BCUT2D eigenvalue weighted by Gasteiger charge is -2.03. The van der Waals surface area contributed by atoms with Crippen molar-refractivity contribution in [3.05, 3.63) is 6.20 Å². The lowest BCUT2D eigenvalue weighted by molar-refractivity contribution is -0.117. The number of hydrogen-bond acceptors (Lipinski definition) is 5. The number of hydrogen-bond donors (Lipinski definition) is 3. The first-order valence-electron chi connectivity index (χ1n) is 4.40. The third-order valence-electron chi connectivity index (χ3n) is 1.78. The Morgan fingerprint density at radius 2 is 2.25 bits per heavy atom. The Labute approximate surface area is 92.7 Å².